The summed E-state index contributed by atoms with van der Waals surface area (Å²) in [6.45, 7) is 1.82. The van der Waals surface area contributed by atoms with Crippen LogP contribution in [0.2, 0.25) is 5.02 Å². The second-order valence-corrected chi connectivity index (χ2v) is 4.80. The van der Waals surface area contributed by atoms with E-state index in [1.54, 1.807) is 24.3 Å². The highest BCUT2D eigenvalue weighted by Crippen LogP contribution is 2.32. The van der Waals surface area contributed by atoms with Gasteiger partial charge >= 0.3 is 0 Å². The van der Waals surface area contributed by atoms with Crippen molar-refractivity contribution in [2.45, 2.75) is 13.0 Å². The molecule has 2 aromatic carbocycles. The predicted molar refractivity (Wildman–Crippen MR) is 78.1 cm³/mol. The Kier molecular flexibility index (Phi) is 4.35. The third-order valence-corrected chi connectivity index (χ3v) is 3.32. The Bertz CT molecular complexity index is 619. The Hall–Kier alpha value is -1.94. The Morgan fingerprint density at radius 3 is 2.70 bits per heavy atom. The molecule has 0 heterocycles. The molecule has 2 rings (SSSR count). The van der Waals surface area contributed by atoms with Crippen LogP contribution in [0.4, 0.5) is 10.1 Å². The van der Waals surface area contributed by atoms with Crippen molar-refractivity contribution in [3.05, 3.63) is 52.8 Å². The number of methoxy groups -OCH3 is 1. The lowest BCUT2D eigenvalue weighted by Gasteiger charge is -2.18. The summed E-state index contributed by atoms with van der Waals surface area (Å²) in [6.07, 6.45) is 0. The molecule has 0 aliphatic heterocycles. The van der Waals surface area contributed by atoms with Crippen LogP contribution in [0.15, 0.2) is 36.4 Å². The molecule has 2 aromatic rings. The third-order valence-electron chi connectivity index (χ3n) is 3.03. The number of nitrogens with one attached hydrogen (secondary N) is 1. The summed E-state index contributed by atoms with van der Waals surface area (Å²) >= 11 is 5.73. The smallest absolute Gasteiger partial charge is 0.164 e. The van der Waals surface area contributed by atoms with Crippen LogP contribution in [0, 0.1) is 5.82 Å². The zero-order valence-electron chi connectivity index (χ0n) is 11.2. The number of anilines is 1. The lowest BCUT2D eigenvalue weighted by molar-refractivity contribution is 0.406. The van der Waals surface area contributed by atoms with Crippen LogP contribution in [0.5, 0.6) is 11.5 Å². The van der Waals surface area contributed by atoms with Gasteiger partial charge in [0, 0.05) is 11.6 Å². The largest absolute Gasteiger partial charge is 0.507 e. The molecule has 20 heavy (non-hydrogen) atoms. The molecular weight excluding hydrogens is 281 g/mol. The molecule has 0 amide bonds. The molecule has 0 aliphatic rings. The van der Waals surface area contributed by atoms with E-state index in [1.165, 1.54) is 19.2 Å². The topological polar surface area (TPSA) is 41.5 Å². The van der Waals surface area contributed by atoms with Crippen molar-refractivity contribution in [1.82, 2.24) is 0 Å². The van der Waals surface area contributed by atoms with E-state index in [1.807, 2.05) is 6.92 Å². The summed E-state index contributed by atoms with van der Waals surface area (Å²) in [6, 6.07) is 9.44. The van der Waals surface area contributed by atoms with E-state index >= 15 is 0 Å². The van der Waals surface area contributed by atoms with E-state index in [0.717, 1.165) is 0 Å². The molecule has 0 fully saturated rings. The second kappa shape index (κ2) is 6.01. The standard InChI is InChI=1S/C15H15ClFNO2/c1-9(11-7-6-10(20-2)8-14(11)19)18-13-5-3-4-12(16)15(13)17/h3-9,18-19H,1-2H3. The van der Waals surface area contributed by atoms with Gasteiger partial charge in [0.05, 0.1) is 23.9 Å². The number of aromatic hydroxyl groups is 1. The van der Waals surface area contributed by atoms with Crippen LogP contribution >= 0.6 is 11.6 Å². The van der Waals surface area contributed by atoms with E-state index in [4.69, 9.17) is 16.3 Å². The summed E-state index contributed by atoms with van der Waals surface area (Å²) in [5, 5.41) is 13.0. The molecule has 0 aliphatic carbocycles. The van der Waals surface area contributed by atoms with Gasteiger partial charge in [-0.15, -0.1) is 0 Å². The van der Waals surface area contributed by atoms with Gasteiger partial charge < -0.3 is 15.2 Å². The van der Waals surface area contributed by atoms with Gasteiger partial charge in [-0.05, 0) is 31.2 Å². The molecule has 2 N–H and O–H groups in total. The molecule has 1 unspecified atom stereocenters. The molecular formula is C15H15ClFNO2. The quantitative estimate of drug-likeness (QED) is 0.880. The highest BCUT2D eigenvalue weighted by molar-refractivity contribution is 6.31. The van der Waals surface area contributed by atoms with E-state index in [-0.39, 0.29) is 16.8 Å². The van der Waals surface area contributed by atoms with Crippen LogP contribution in [0.1, 0.15) is 18.5 Å². The maximum absolute atomic E-state index is 13.8. The first-order valence-corrected chi connectivity index (χ1v) is 6.48. The van der Waals surface area contributed by atoms with Crippen LogP contribution in [0.25, 0.3) is 0 Å². The zero-order chi connectivity index (χ0) is 14.7. The Balaban J connectivity index is 2.24. The predicted octanol–water partition coefficient (Wildman–Crippen LogP) is 4.37. The number of ether oxygens (including phenoxy) is 1. The fraction of sp³-hybridized carbons (Fsp3) is 0.200. The van der Waals surface area contributed by atoms with E-state index in [9.17, 15) is 9.50 Å². The fourth-order valence-corrected chi connectivity index (χ4v) is 2.12. The molecule has 0 spiro atoms. The van der Waals surface area contributed by atoms with Gasteiger partial charge in [-0.1, -0.05) is 17.7 Å². The number of rotatable bonds is 4. The van der Waals surface area contributed by atoms with Crippen LogP contribution in [0.3, 0.4) is 0 Å². The average Bonchev–Trinajstić information content (AvgIpc) is 2.43. The Morgan fingerprint density at radius 1 is 1.30 bits per heavy atom. The third kappa shape index (κ3) is 2.96. The number of hydrogen-bond acceptors (Lipinski definition) is 3. The first-order valence-electron chi connectivity index (χ1n) is 6.10. The Labute approximate surface area is 122 Å². The van der Waals surface area contributed by atoms with Gasteiger partial charge in [0.25, 0.3) is 0 Å². The van der Waals surface area contributed by atoms with Crippen molar-refractivity contribution in [2.75, 3.05) is 12.4 Å². The highest BCUT2D eigenvalue weighted by atomic mass is 35.5. The summed E-state index contributed by atoms with van der Waals surface area (Å²) in [4.78, 5) is 0. The highest BCUT2D eigenvalue weighted by Gasteiger charge is 2.14. The van der Waals surface area contributed by atoms with Crippen LogP contribution in [-0.4, -0.2) is 12.2 Å². The van der Waals surface area contributed by atoms with E-state index in [2.05, 4.69) is 5.32 Å². The maximum atomic E-state index is 13.8. The molecule has 5 heteroatoms. The maximum Gasteiger partial charge on any atom is 0.164 e. The van der Waals surface area contributed by atoms with Gasteiger partial charge in [-0.3, -0.25) is 0 Å². The molecule has 0 radical (unpaired) electrons. The minimum atomic E-state index is -0.506. The van der Waals surface area contributed by atoms with Crippen molar-refractivity contribution in [2.24, 2.45) is 0 Å². The zero-order valence-corrected chi connectivity index (χ0v) is 11.9. The van der Waals surface area contributed by atoms with E-state index in [0.29, 0.717) is 17.0 Å². The molecule has 1 atom stereocenters. The normalized spacial score (nSPS) is 12.0. The van der Waals surface area contributed by atoms with Crippen molar-refractivity contribution in [1.29, 1.82) is 0 Å². The average molecular weight is 296 g/mol. The van der Waals surface area contributed by atoms with E-state index < -0.39 is 5.82 Å². The fourth-order valence-electron chi connectivity index (χ4n) is 1.94. The van der Waals surface area contributed by atoms with Crippen LogP contribution < -0.4 is 10.1 Å². The molecule has 0 saturated carbocycles. The molecule has 0 saturated heterocycles. The lowest BCUT2D eigenvalue weighted by atomic mass is 10.1. The first-order chi connectivity index (χ1) is 9.52. The summed E-state index contributed by atoms with van der Waals surface area (Å²) in [5.74, 6) is 0.146. The number of benzene rings is 2. The van der Waals surface area contributed by atoms with Crippen molar-refractivity contribution in [3.8, 4) is 11.5 Å². The van der Waals surface area contributed by atoms with Gasteiger partial charge in [0.15, 0.2) is 5.82 Å². The lowest BCUT2D eigenvalue weighted by Crippen LogP contribution is -2.08. The van der Waals surface area contributed by atoms with Crippen molar-refractivity contribution >= 4 is 17.3 Å². The first kappa shape index (κ1) is 14.5. The van der Waals surface area contributed by atoms with Gasteiger partial charge in [-0.2, -0.15) is 0 Å². The summed E-state index contributed by atoms with van der Waals surface area (Å²) in [7, 11) is 1.53. The number of phenolic OH excluding ortho intramolecular Hbond substituents is 1. The minimum absolute atomic E-state index is 0.0566. The van der Waals surface area contributed by atoms with Gasteiger partial charge in [-0.25, -0.2) is 4.39 Å². The monoisotopic (exact) mass is 295 g/mol. The number of halogens is 2. The SMILES string of the molecule is COc1ccc(C(C)Nc2cccc(Cl)c2F)c(O)c1. The summed E-state index contributed by atoms with van der Waals surface area (Å²) < 4.78 is 18.8. The summed E-state index contributed by atoms with van der Waals surface area (Å²) in [5.41, 5.74) is 0.936. The molecule has 106 valence electrons. The molecule has 3 nitrogen and oxygen atoms in total. The molecule has 0 bridgehead atoms. The number of hydrogen-bond donors (Lipinski definition) is 2. The molecule has 0 aromatic heterocycles. The van der Waals surface area contributed by atoms with Crippen LogP contribution in [-0.2, 0) is 0 Å². The van der Waals surface area contributed by atoms with Crippen molar-refractivity contribution < 1.29 is 14.2 Å². The van der Waals surface area contributed by atoms with Gasteiger partial charge in [0.1, 0.15) is 11.5 Å². The minimum Gasteiger partial charge on any atom is -0.507 e. The van der Waals surface area contributed by atoms with Gasteiger partial charge in [0.2, 0.25) is 0 Å². The Morgan fingerprint density at radius 2 is 2.05 bits per heavy atom. The van der Waals surface area contributed by atoms with Crippen molar-refractivity contribution in [3.63, 3.8) is 0 Å². The number of phenols is 1. The second-order valence-electron chi connectivity index (χ2n) is 4.39.